The van der Waals surface area contributed by atoms with Gasteiger partial charge in [0.15, 0.2) is 0 Å². The topological polar surface area (TPSA) is 70.1 Å². The van der Waals surface area contributed by atoms with E-state index in [0.29, 0.717) is 0 Å². The van der Waals surface area contributed by atoms with E-state index in [1.54, 1.807) is 0 Å². The van der Waals surface area contributed by atoms with Crippen LogP contribution in [0.3, 0.4) is 0 Å². The van der Waals surface area contributed by atoms with Crippen LogP contribution >= 0.6 is 0 Å². The summed E-state index contributed by atoms with van der Waals surface area (Å²) in [5, 5.41) is 16.0. The summed E-state index contributed by atoms with van der Waals surface area (Å²) < 4.78 is 0. The zero-order chi connectivity index (χ0) is 14.1. The maximum Gasteiger partial charge on any atom is 0.133 e. The van der Waals surface area contributed by atoms with E-state index in [1.807, 2.05) is 19.9 Å². The number of aryl methyl sites for hydroxylation is 1. The molecule has 0 fully saturated rings. The summed E-state index contributed by atoms with van der Waals surface area (Å²) in [5.41, 5.74) is 0. The number of aliphatic hydroxyl groups is 1. The van der Waals surface area contributed by atoms with Crippen molar-refractivity contribution >= 4 is 11.6 Å². The van der Waals surface area contributed by atoms with Gasteiger partial charge in [0.1, 0.15) is 17.5 Å². The van der Waals surface area contributed by atoms with Gasteiger partial charge in [-0.25, -0.2) is 9.97 Å². The lowest BCUT2D eigenvalue weighted by Gasteiger charge is -2.12. The first-order valence-corrected chi connectivity index (χ1v) is 7.23. The highest BCUT2D eigenvalue weighted by molar-refractivity contribution is 5.47. The van der Waals surface area contributed by atoms with Gasteiger partial charge in [0.2, 0.25) is 0 Å². The minimum atomic E-state index is -0.238. The molecule has 1 heterocycles. The van der Waals surface area contributed by atoms with Crippen LogP contribution in [0.25, 0.3) is 0 Å². The summed E-state index contributed by atoms with van der Waals surface area (Å²) in [4.78, 5) is 8.94. The molecule has 0 saturated carbocycles. The zero-order valence-corrected chi connectivity index (χ0v) is 12.2. The minimum absolute atomic E-state index is 0.238. The molecule has 1 atom stereocenters. The number of aliphatic hydroxyl groups excluding tert-OH is 1. The van der Waals surface area contributed by atoms with E-state index in [1.165, 1.54) is 0 Å². The molecule has 108 valence electrons. The lowest BCUT2D eigenvalue weighted by Crippen LogP contribution is -2.14. The molecular weight excluding hydrogens is 240 g/mol. The molecule has 0 aliphatic rings. The Morgan fingerprint density at radius 2 is 1.84 bits per heavy atom. The molecule has 0 aliphatic carbocycles. The monoisotopic (exact) mass is 266 g/mol. The molecule has 0 radical (unpaired) electrons. The van der Waals surface area contributed by atoms with Crippen LogP contribution in [0.15, 0.2) is 6.07 Å². The SMILES string of the molecule is CCCc1nc(NCC)cc(NCCC(O)CC)n1. The molecule has 19 heavy (non-hydrogen) atoms. The van der Waals surface area contributed by atoms with Crippen molar-refractivity contribution in [3.63, 3.8) is 0 Å². The first-order chi connectivity index (χ1) is 9.19. The molecule has 5 heteroatoms. The lowest BCUT2D eigenvalue weighted by molar-refractivity contribution is 0.164. The van der Waals surface area contributed by atoms with E-state index in [-0.39, 0.29) is 6.10 Å². The minimum Gasteiger partial charge on any atom is -0.393 e. The summed E-state index contributed by atoms with van der Waals surface area (Å²) in [6.45, 7) is 7.72. The molecule has 0 amide bonds. The van der Waals surface area contributed by atoms with Crippen LogP contribution in [0.1, 0.15) is 45.9 Å². The van der Waals surface area contributed by atoms with Gasteiger partial charge in [0.05, 0.1) is 6.10 Å². The molecule has 0 aliphatic heterocycles. The van der Waals surface area contributed by atoms with E-state index in [0.717, 1.165) is 56.2 Å². The van der Waals surface area contributed by atoms with Gasteiger partial charge in [-0.3, -0.25) is 0 Å². The fourth-order valence-electron chi connectivity index (χ4n) is 1.77. The van der Waals surface area contributed by atoms with Gasteiger partial charge in [-0.15, -0.1) is 0 Å². The highest BCUT2D eigenvalue weighted by atomic mass is 16.3. The smallest absolute Gasteiger partial charge is 0.133 e. The second-order valence-electron chi connectivity index (χ2n) is 4.61. The number of hydrogen-bond donors (Lipinski definition) is 3. The van der Waals surface area contributed by atoms with Crippen molar-refractivity contribution in [1.29, 1.82) is 0 Å². The van der Waals surface area contributed by atoms with E-state index < -0.39 is 0 Å². The van der Waals surface area contributed by atoms with E-state index in [4.69, 9.17) is 0 Å². The maximum atomic E-state index is 9.53. The normalized spacial score (nSPS) is 12.2. The van der Waals surface area contributed by atoms with Gasteiger partial charge in [0, 0.05) is 25.6 Å². The van der Waals surface area contributed by atoms with Crippen molar-refractivity contribution in [1.82, 2.24) is 9.97 Å². The first kappa shape index (κ1) is 15.7. The summed E-state index contributed by atoms with van der Waals surface area (Å²) in [5.74, 6) is 2.55. The molecule has 0 bridgehead atoms. The number of nitrogens with zero attached hydrogens (tertiary/aromatic N) is 2. The third-order valence-electron chi connectivity index (χ3n) is 2.86. The average molecular weight is 266 g/mol. The van der Waals surface area contributed by atoms with Gasteiger partial charge < -0.3 is 15.7 Å². The average Bonchev–Trinajstić information content (AvgIpc) is 2.39. The molecule has 5 nitrogen and oxygen atoms in total. The first-order valence-electron chi connectivity index (χ1n) is 7.23. The van der Waals surface area contributed by atoms with Crippen LogP contribution in [0.5, 0.6) is 0 Å². The van der Waals surface area contributed by atoms with Gasteiger partial charge >= 0.3 is 0 Å². The van der Waals surface area contributed by atoms with Crippen molar-refractivity contribution in [2.75, 3.05) is 23.7 Å². The van der Waals surface area contributed by atoms with E-state index in [9.17, 15) is 5.11 Å². The number of aromatic nitrogens is 2. The van der Waals surface area contributed by atoms with Crippen LogP contribution in [-0.2, 0) is 6.42 Å². The third-order valence-corrected chi connectivity index (χ3v) is 2.86. The molecule has 3 N–H and O–H groups in total. The standard InChI is InChI=1S/C14H26N4O/c1-4-7-12-17-13(15-6-3)10-14(18-12)16-9-8-11(19)5-2/h10-11,19H,4-9H2,1-3H3,(H2,15,16,17,18). The summed E-state index contributed by atoms with van der Waals surface area (Å²) in [6.07, 6.45) is 3.20. The predicted octanol–water partition coefficient (Wildman–Crippen LogP) is 2.43. The Morgan fingerprint density at radius 1 is 1.16 bits per heavy atom. The Bertz CT molecular complexity index is 346. The zero-order valence-electron chi connectivity index (χ0n) is 12.2. The van der Waals surface area contributed by atoms with Gasteiger partial charge in [-0.2, -0.15) is 0 Å². The molecule has 1 rings (SSSR count). The highest BCUT2D eigenvalue weighted by Crippen LogP contribution is 2.12. The van der Waals surface area contributed by atoms with E-state index >= 15 is 0 Å². The Hall–Kier alpha value is -1.36. The van der Waals surface area contributed by atoms with Crippen LogP contribution in [0, 0.1) is 0 Å². The van der Waals surface area contributed by atoms with Gasteiger partial charge in [-0.05, 0) is 26.2 Å². The maximum absolute atomic E-state index is 9.53. The number of anilines is 2. The van der Waals surface area contributed by atoms with Crippen molar-refractivity contribution < 1.29 is 5.11 Å². The van der Waals surface area contributed by atoms with Crippen LogP contribution in [0.4, 0.5) is 11.6 Å². The van der Waals surface area contributed by atoms with Crippen LogP contribution in [-0.4, -0.2) is 34.3 Å². The second-order valence-corrected chi connectivity index (χ2v) is 4.61. The highest BCUT2D eigenvalue weighted by Gasteiger charge is 2.05. The quantitative estimate of drug-likeness (QED) is 0.640. The van der Waals surface area contributed by atoms with Crippen molar-refractivity contribution in [2.24, 2.45) is 0 Å². The number of hydrogen-bond acceptors (Lipinski definition) is 5. The fraction of sp³-hybridized carbons (Fsp3) is 0.714. The largest absolute Gasteiger partial charge is 0.393 e. The van der Waals surface area contributed by atoms with Crippen molar-refractivity contribution in [3.05, 3.63) is 11.9 Å². The molecule has 1 aromatic heterocycles. The number of rotatable bonds is 9. The lowest BCUT2D eigenvalue weighted by atomic mass is 10.2. The molecule has 1 unspecified atom stereocenters. The van der Waals surface area contributed by atoms with Crippen LogP contribution in [0.2, 0.25) is 0 Å². The number of nitrogens with one attached hydrogen (secondary N) is 2. The third kappa shape index (κ3) is 5.87. The Kier molecular flexibility index (Phi) is 7.18. The molecule has 0 spiro atoms. The van der Waals surface area contributed by atoms with Gasteiger partial charge in [-0.1, -0.05) is 13.8 Å². The molecular formula is C14H26N4O. The van der Waals surface area contributed by atoms with E-state index in [2.05, 4.69) is 27.5 Å². The van der Waals surface area contributed by atoms with Crippen molar-refractivity contribution in [3.8, 4) is 0 Å². The molecule has 1 aromatic rings. The Balaban J connectivity index is 2.64. The molecule has 0 aromatic carbocycles. The van der Waals surface area contributed by atoms with Gasteiger partial charge in [0.25, 0.3) is 0 Å². The fourth-order valence-corrected chi connectivity index (χ4v) is 1.77. The summed E-state index contributed by atoms with van der Waals surface area (Å²) >= 11 is 0. The predicted molar refractivity (Wildman–Crippen MR) is 79.6 cm³/mol. The Labute approximate surface area is 115 Å². The second kappa shape index (κ2) is 8.69. The summed E-state index contributed by atoms with van der Waals surface area (Å²) in [6, 6.07) is 1.92. The Morgan fingerprint density at radius 3 is 2.42 bits per heavy atom. The summed E-state index contributed by atoms with van der Waals surface area (Å²) in [7, 11) is 0. The molecule has 0 saturated heterocycles. The van der Waals surface area contributed by atoms with Crippen molar-refractivity contribution in [2.45, 2.75) is 52.6 Å². The van der Waals surface area contributed by atoms with Crippen LogP contribution < -0.4 is 10.6 Å².